The summed E-state index contributed by atoms with van der Waals surface area (Å²) in [5.41, 5.74) is 7.09. The van der Waals surface area contributed by atoms with Gasteiger partial charge in [0.15, 0.2) is 5.82 Å². The Labute approximate surface area is 195 Å². The second kappa shape index (κ2) is 10.6. The molecule has 1 aliphatic heterocycles. The standard InChI is InChI=1S/C27H32N4O2/c1-19-10-13-21(14-11-19)25-26(22-15-12-20(2)28-18-22)29-23-8-7-17-31(27(23)30-25)16-6-4-3-5-9-24(32)33/h10-15,18H,3-9,16-17H2,1-2H3,(H,32,33). The Morgan fingerprint density at radius 1 is 0.939 bits per heavy atom. The van der Waals surface area contributed by atoms with Crippen molar-refractivity contribution in [2.24, 2.45) is 0 Å². The fourth-order valence-electron chi connectivity index (χ4n) is 4.30. The van der Waals surface area contributed by atoms with Crippen LogP contribution in [0.2, 0.25) is 0 Å². The van der Waals surface area contributed by atoms with Crippen molar-refractivity contribution < 1.29 is 9.90 Å². The molecule has 1 N–H and O–H groups in total. The van der Waals surface area contributed by atoms with Gasteiger partial charge in [-0.15, -0.1) is 0 Å². The van der Waals surface area contributed by atoms with Crippen LogP contribution in [0.15, 0.2) is 42.6 Å². The van der Waals surface area contributed by atoms with Crippen LogP contribution in [0.5, 0.6) is 0 Å². The topological polar surface area (TPSA) is 79.2 Å². The fourth-order valence-corrected chi connectivity index (χ4v) is 4.30. The molecule has 0 bridgehead atoms. The first-order chi connectivity index (χ1) is 16.0. The Balaban J connectivity index is 1.62. The summed E-state index contributed by atoms with van der Waals surface area (Å²) in [7, 11) is 0. The molecule has 0 unspecified atom stereocenters. The number of hydrogen-bond acceptors (Lipinski definition) is 5. The highest BCUT2D eigenvalue weighted by Crippen LogP contribution is 2.34. The van der Waals surface area contributed by atoms with E-state index in [2.05, 4.69) is 47.1 Å². The van der Waals surface area contributed by atoms with Crippen molar-refractivity contribution in [1.82, 2.24) is 15.0 Å². The Hall–Kier alpha value is -3.28. The van der Waals surface area contributed by atoms with Crippen LogP contribution in [-0.2, 0) is 11.2 Å². The van der Waals surface area contributed by atoms with Gasteiger partial charge < -0.3 is 10.0 Å². The zero-order chi connectivity index (χ0) is 23.2. The summed E-state index contributed by atoms with van der Waals surface area (Å²) < 4.78 is 0. The molecule has 4 rings (SSSR count). The first-order valence-corrected chi connectivity index (χ1v) is 11.9. The Kier molecular flexibility index (Phi) is 7.33. The Morgan fingerprint density at radius 3 is 2.39 bits per heavy atom. The van der Waals surface area contributed by atoms with Crippen LogP contribution < -0.4 is 4.90 Å². The average Bonchev–Trinajstić information content (AvgIpc) is 2.81. The van der Waals surface area contributed by atoms with Crippen molar-refractivity contribution >= 4 is 11.8 Å². The van der Waals surface area contributed by atoms with Gasteiger partial charge >= 0.3 is 5.97 Å². The highest BCUT2D eigenvalue weighted by atomic mass is 16.4. The summed E-state index contributed by atoms with van der Waals surface area (Å²) in [5.74, 6) is 0.282. The zero-order valence-electron chi connectivity index (χ0n) is 19.5. The number of rotatable bonds is 9. The predicted octanol–water partition coefficient (Wildman–Crippen LogP) is 5.61. The maximum absolute atomic E-state index is 10.7. The second-order valence-corrected chi connectivity index (χ2v) is 8.89. The van der Waals surface area contributed by atoms with E-state index in [1.807, 2.05) is 19.2 Å². The molecule has 6 heteroatoms. The first kappa shape index (κ1) is 22.9. The van der Waals surface area contributed by atoms with Crippen LogP contribution in [0.25, 0.3) is 22.5 Å². The number of unbranched alkanes of at least 4 members (excludes halogenated alkanes) is 3. The minimum absolute atomic E-state index is 0.259. The number of carboxylic acids is 1. The van der Waals surface area contributed by atoms with Gasteiger partial charge in [0.25, 0.3) is 0 Å². The summed E-state index contributed by atoms with van der Waals surface area (Å²) in [6, 6.07) is 12.6. The molecular weight excluding hydrogens is 412 g/mol. The number of anilines is 1. The van der Waals surface area contributed by atoms with E-state index in [-0.39, 0.29) is 6.42 Å². The van der Waals surface area contributed by atoms with Crippen molar-refractivity contribution in [3.05, 3.63) is 59.5 Å². The molecule has 0 fully saturated rings. The molecule has 3 aromatic rings. The van der Waals surface area contributed by atoms with Gasteiger partial charge in [-0.3, -0.25) is 9.78 Å². The number of nitrogens with zero attached hydrogens (tertiary/aromatic N) is 4. The molecule has 3 heterocycles. The van der Waals surface area contributed by atoms with Crippen LogP contribution >= 0.6 is 0 Å². The highest BCUT2D eigenvalue weighted by Gasteiger charge is 2.23. The fraction of sp³-hybridized carbons (Fsp3) is 0.407. The number of pyridine rings is 1. The van der Waals surface area contributed by atoms with Crippen molar-refractivity contribution in [2.75, 3.05) is 18.0 Å². The Bertz CT molecular complexity index is 1090. The van der Waals surface area contributed by atoms with E-state index in [0.29, 0.717) is 0 Å². The maximum atomic E-state index is 10.7. The van der Waals surface area contributed by atoms with Gasteiger partial charge in [-0.25, -0.2) is 9.97 Å². The zero-order valence-corrected chi connectivity index (χ0v) is 19.5. The molecule has 0 spiro atoms. The lowest BCUT2D eigenvalue weighted by atomic mass is 10.0. The van der Waals surface area contributed by atoms with E-state index < -0.39 is 5.97 Å². The van der Waals surface area contributed by atoms with Gasteiger partial charge in [0.1, 0.15) is 0 Å². The molecule has 6 nitrogen and oxygen atoms in total. The van der Waals surface area contributed by atoms with E-state index in [0.717, 1.165) is 91.3 Å². The quantitative estimate of drug-likeness (QED) is 0.432. The predicted molar refractivity (Wildman–Crippen MR) is 131 cm³/mol. The van der Waals surface area contributed by atoms with Crippen LogP contribution in [-0.4, -0.2) is 39.1 Å². The molecule has 0 amide bonds. The van der Waals surface area contributed by atoms with Gasteiger partial charge in [-0.1, -0.05) is 42.7 Å². The number of aromatic nitrogens is 3. The van der Waals surface area contributed by atoms with Crippen LogP contribution in [0, 0.1) is 13.8 Å². The SMILES string of the molecule is Cc1ccc(-c2nc3c(nc2-c2ccc(C)nc2)CCCN3CCCCCCC(=O)O)cc1. The molecule has 172 valence electrons. The number of hydrogen-bond donors (Lipinski definition) is 1. The van der Waals surface area contributed by atoms with Gasteiger partial charge in [0.2, 0.25) is 0 Å². The van der Waals surface area contributed by atoms with Gasteiger partial charge in [-0.2, -0.15) is 0 Å². The molecule has 2 aromatic heterocycles. The lowest BCUT2D eigenvalue weighted by molar-refractivity contribution is -0.137. The van der Waals surface area contributed by atoms with Gasteiger partial charge in [-0.05, 0) is 51.7 Å². The van der Waals surface area contributed by atoms with Crippen LogP contribution in [0.3, 0.4) is 0 Å². The molecule has 0 saturated carbocycles. The minimum atomic E-state index is -0.710. The number of carboxylic acid groups (broad SMARTS) is 1. The molecule has 0 radical (unpaired) electrons. The molecule has 1 aromatic carbocycles. The average molecular weight is 445 g/mol. The monoisotopic (exact) mass is 444 g/mol. The third-order valence-electron chi connectivity index (χ3n) is 6.17. The minimum Gasteiger partial charge on any atom is -0.481 e. The first-order valence-electron chi connectivity index (χ1n) is 11.9. The largest absolute Gasteiger partial charge is 0.481 e. The lowest BCUT2D eigenvalue weighted by Gasteiger charge is -2.30. The molecule has 1 aliphatic rings. The van der Waals surface area contributed by atoms with Crippen molar-refractivity contribution in [3.8, 4) is 22.5 Å². The molecule has 0 aliphatic carbocycles. The van der Waals surface area contributed by atoms with E-state index in [9.17, 15) is 4.79 Å². The van der Waals surface area contributed by atoms with E-state index in [1.165, 1.54) is 5.56 Å². The van der Waals surface area contributed by atoms with Crippen molar-refractivity contribution in [3.63, 3.8) is 0 Å². The summed E-state index contributed by atoms with van der Waals surface area (Å²) >= 11 is 0. The summed E-state index contributed by atoms with van der Waals surface area (Å²) in [6.45, 7) is 5.98. The number of aliphatic carboxylic acids is 1. The number of fused-ring (bicyclic) bond motifs is 1. The third-order valence-corrected chi connectivity index (χ3v) is 6.17. The highest BCUT2D eigenvalue weighted by molar-refractivity contribution is 5.79. The normalized spacial score (nSPS) is 13.1. The summed E-state index contributed by atoms with van der Waals surface area (Å²) in [5, 5.41) is 8.81. The van der Waals surface area contributed by atoms with E-state index in [1.54, 1.807) is 0 Å². The smallest absolute Gasteiger partial charge is 0.303 e. The second-order valence-electron chi connectivity index (χ2n) is 8.89. The number of carbonyl (C=O) groups is 1. The Morgan fingerprint density at radius 2 is 1.67 bits per heavy atom. The number of aryl methyl sites for hydroxylation is 3. The molecule has 33 heavy (non-hydrogen) atoms. The van der Waals surface area contributed by atoms with E-state index in [4.69, 9.17) is 15.1 Å². The van der Waals surface area contributed by atoms with Crippen LogP contribution in [0.4, 0.5) is 5.82 Å². The van der Waals surface area contributed by atoms with Crippen molar-refractivity contribution in [1.29, 1.82) is 0 Å². The molecule has 0 atom stereocenters. The summed E-state index contributed by atoms with van der Waals surface area (Å²) in [6.07, 6.45) is 7.91. The molecule has 0 saturated heterocycles. The molecular formula is C27H32N4O2. The van der Waals surface area contributed by atoms with Crippen molar-refractivity contribution in [2.45, 2.75) is 58.8 Å². The van der Waals surface area contributed by atoms with Gasteiger partial charge in [0, 0.05) is 42.5 Å². The third kappa shape index (κ3) is 5.75. The van der Waals surface area contributed by atoms with Crippen LogP contribution in [0.1, 0.15) is 55.5 Å². The van der Waals surface area contributed by atoms with Gasteiger partial charge in [0.05, 0.1) is 17.1 Å². The number of benzene rings is 1. The maximum Gasteiger partial charge on any atom is 0.303 e. The summed E-state index contributed by atoms with van der Waals surface area (Å²) in [4.78, 5) is 27.9. The van der Waals surface area contributed by atoms with E-state index >= 15 is 0 Å². The lowest BCUT2D eigenvalue weighted by Crippen LogP contribution is -2.32.